The van der Waals surface area contributed by atoms with E-state index in [0.29, 0.717) is 0 Å². The van der Waals surface area contributed by atoms with E-state index >= 15 is 0 Å². The van der Waals surface area contributed by atoms with Gasteiger partial charge in [0.1, 0.15) is 12.1 Å². The molecule has 0 aliphatic heterocycles. The highest BCUT2D eigenvalue weighted by Crippen LogP contribution is 2.10. The summed E-state index contributed by atoms with van der Waals surface area (Å²) in [6, 6.07) is 0. The van der Waals surface area contributed by atoms with E-state index in [2.05, 4.69) is 0 Å². The van der Waals surface area contributed by atoms with Crippen molar-refractivity contribution in [2.45, 2.75) is 46.6 Å². The first-order valence-corrected chi connectivity index (χ1v) is 5.90. The predicted octanol–water partition coefficient (Wildman–Crippen LogP) is 1.72. The number of amides is 2. The van der Waals surface area contributed by atoms with Crippen molar-refractivity contribution in [1.29, 1.82) is 0 Å². The van der Waals surface area contributed by atoms with Crippen molar-refractivity contribution >= 4 is 18.0 Å². The molecule has 0 bridgehead atoms. The van der Waals surface area contributed by atoms with E-state index in [-0.39, 0.29) is 13.0 Å². The van der Waals surface area contributed by atoms with Gasteiger partial charge in [-0.15, -0.1) is 0 Å². The van der Waals surface area contributed by atoms with Gasteiger partial charge in [-0.25, -0.2) is 9.69 Å². The number of carbonyl (C=O) groups excluding carboxylic acids is 3. The van der Waals surface area contributed by atoms with Crippen LogP contribution in [0.2, 0.25) is 0 Å². The van der Waals surface area contributed by atoms with Crippen molar-refractivity contribution in [2.75, 3.05) is 13.2 Å². The SMILES string of the molecule is CCOC(=O)CN(C(=O)CC)C(=O)OC(C)(C)C. The molecular weight excluding hydrogens is 238 g/mol. The van der Waals surface area contributed by atoms with Crippen LogP contribution < -0.4 is 0 Å². The van der Waals surface area contributed by atoms with Gasteiger partial charge in [0, 0.05) is 6.42 Å². The van der Waals surface area contributed by atoms with Crippen LogP contribution in [-0.2, 0) is 19.1 Å². The molecule has 0 radical (unpaired) electrons. The third-order valence-corrected chi connectivity index (χ3v) is 1.81. The van der Waals surface area contributed by atoms with E-state index in [1.54, 1.807) is 34.6 Å². The second kappa shape index (κ2) is 6.98. The zero-order valence-corrected chi connectivity index (χ0v) is 11.6. The van der Waals surface area contributed by atoms with Gasteiger partial charge in [-0.05, 0) is 27.7 Å². The molecule has 0 aromatic rings. The summed E-state index contributed by atoms with van der Waals surface area (Å²) in [5.41, 5.74) is -0.724. The second-order valence-corrected chi connectivity index (χ2v) is 4.62. The van der Waals surface area contributed by atoms with Gasteiger partial charge in [-0.2, -0.15) is 0 Å². The first-order chi connectivity index (χ1) is 8.21. The van der Waals surface area contributed by atoms with Gasteiger partial charge < -0.3 is 9.47 Å². The van der Waals surface area contributed by atoms with Crippen LogP contribution in [0.3, 0.4) is 0 Å². The lowest BCUT2D eigenvalue weighted by Crippen LogP contribution is -2.43. The number of hydrogen-bond donors (Lipinski definition) is 0. The minimum Gasteiger partial charge on any atom is -0.465 e. The van der Waals surface area contributed by atoms with Crippen molar-refractivity contribution < 1.29 is 23.9 Å². The average Bonchev–Trinajstić information content (AvgIpc) is 2.22. The highest BCUT2D eigenvalue weighted by molar-refractivity contribution is 5.95. The smallest absolute Gasteiger partial charge is 0.417 e. The standard InChI is InChI=1S/C12H21NO5/c1-6-9(14)13(8-10(15)17-7-2)11(16)18-12(3,4)5/h6-8H2,1-5H3. The molecular formula is C12H21NO5. The van der Waals surface area contributed by atoms with Crippen LogP contribution in [-0.4, -0.2) is 41.6 Å². The first-order valence-electron chi connectivity index (χ1n) is 5.90. The number of ether oxygens (including phenoxy) is 2. The molecule has 2 amide bonds. The number of imide groups is 1. The molecule has 0 saturated carbocycles. The third kappa shape index (κ3) is 6.22. The molecule has 0 fully saturated rings. The second-order valence-electron chi connectivity index (χ2n) is 4.62. The predicted molar refractivity (Wildman–Crippen MR) is 64.9 cm³/mol. The zero-order valence-electron chi connectivity index (χ0n) is 11.6. The Morgan fingerprint density at radius 2 is 1.67 bits per heavy atom. The Bertz CT molecular complexity index is 319. The molecule has 0 aromatic heterocycles. The summed E-state index contributed by atoms with van der Waals surface area (Å²) in [7, 11) is 0. The number of nitrogens with zero attached hydrogens (tertiary/aromatic N) is 1. The third-order valence-electron chi connectivity index (χ3n) is 1.81. The average molecular weight is 259 g/mol. The minimum absolute atomic E-state index is 0.110. The van der Waals surface area contributed by atoms with E-state index in [9.17, 15) is 14.4 Å². The minimum atomic E-state index is -0.831. The van der Waals surface area contributed by atoms with Crippen LogP contribution in [0, 0.1) is 0 Å². The largest absolute Gasteiger partial charge is 0.465 e. The Kier molecular flexibility index (Phi) is 6.36. The molecule has 0 aliphatic carbocycles. The lowest BCUT2D eigenvalue weighted by atomic mass is 10.2. The van der Waals surface area contributed by atoms with Crippen molar-refractivity contribution in [2.24, 2.45) is 0 Å². The van der Waals surface area contributed by atoms with Crippen LogP contribution >= 0.6 is 0 Å². The summed E-state index contributed by atoms with van der Waals surface area (Å²) >= 11 is 0. The maximum atomic E-state index is 11.8. The fourth-order valence-corrected chi connectivity index (χ4v) is 1.10. The highest BCUT2D eigenvalue weighted by Gasteiger charge is 2.28. The Morgan fingerprint density at radius 1 is 1.11 bits per heavy atom. The number of rotatable bonds is 4. The summed E-state index contributed by atoms with van der Waals surface area (Å²) in [6.45, 7) is 8.08. The van der Waals surface area contributed by atoms with Crippen molar-refractivity contribution in [1.82, 2.24) is 4.90 Å². The van der Waals surface area contributed by atoms with Gasteiger partial charge in [0.2, 0.25) is 5.91 Å². The van der Waals surface area contributed by atoms with E-state index in [1.165, 1.54) is 0 Å². The van der Waals surface area contributed by atoms with Crippen LogP contribution in [0.1, 0.15) is 41.0 Å². The van der Waals surface area contributed by atoms with Gasteiger partial charge in [-0.3, -0.25) is 9.59 Å². The zero-order chi connectivity index (χ0) is 14.3. The summed E-state index contributed by atoms with van der Waals surface area (Å²) in [6.07, 6.45) is -0.721. The van der Waals surface area contributed by atoms with Crippen molar-refractivity contribution in [3.63, 3.8) is 0 Å². The monoisotopic (exact) mass is 259 g/mol. The van der Waals surface area contributed by atoms with Gasteiger partial charge >= 0.3 is 12.1 Å². The summed E-state index contributed by atoms with van der Waals surface area (Å²) in [4.78, 5) is 35.5. The Hall–Kier alpha value is -1.59. The van der Waals surface area contributed by atoms with E-state index in [0.717, 1.165) is 4.90 Å². The summed E-state index contributed by atoms with van der Waals surface area (Å²) < 4.78 is 9.77. The molecule has 0 aliphatic rings. The molecule has 0 unspecified atom stereocenters. The Balaban J connectivity index is 4.73. The molecule has 0 spiro atoms. The molecule has 0 rings (SSSR count). The lowest BCUT2D eigenvalue weighted by molar-refractivity contribution is -0.148. The molecule has 6 heteroatoms. The number of esters is 1. The molecule has 6 nitrogen and oxygen atoms in total. The molecule has 18 heavy (non-hydrogen) atoms. The fraction of sp³-hybridized carbons (Fsp3) is 0.750. The highest BCUT2D eigenvalue weighted by atomic mass is 16.6. The lowest BCUT2D eigenvalue weighted by Gasteiger charge is -2.25. The molecule has 0 heterocycles. The fourth-order valence-electron chi connectivity index (χ4n) is 1.10. The Labute approximate surface area is 107 Å². The van der Waals surface area contributed by atoms with Crippen LogP contribution in [0.25, 0.3) is 0 Å². The van der Waals surface area contributed by atoms with E-state index < -0.39 is 30.1 Å². The van der Waals surface area contributed by atoms with Gasteiger partial charge in [-0.1, -0.05) is 6.92 Å². The van der Waals surface area contributed by atoms with Gasteiger partial charge in [0.05, 0.1) is 6.61 Å². The van der Waals surface area contributed by atoms with Crippen LogP contribution in [0.5, 0.6) is 0 Å². The van der Waals surface area contributed by atoms with Crippen molar-refractivity contribution in [3.05, 3.63) is 0 Å². The summed E-state index contributed by atoms with van der Waals surface area (Å²) in [5.74, 6) is -1.11. The topological polar surface area (TPSA) is 72.9 Å². The van der Waals surface area contributed by atoms with Crippen LogP contribution in [0.15, 0.2) is 0 Å². The normalized spacial score (nSPS) is 10.7. The van der Waals surface area contributed by atoms with E-state index in [4.69, 9.17) is 9.47 Å². The number of carbonyl (C=O) groups is 3. The van der Waals surface area contributed by atoms with Gasteiger partial charge in [0.15, 0.2) is 0 Å². The van der Waals surface area contributed by atoms with Gasteiger partial charge in [0.25, 0.3) is 0 Å². The molecule has 0 atom stereocenters. The maximum absolute atomic E-state index is 11.8. The Morgan fingerprint density at radius 3 is 2.06 bits per heavy atom. The number of hydrogen-bond acceptors (Lipinski definition) is 5. The van der Waals surface area contributed by atoms with E-state index in [1.807, 2.05) is 0 Å². The molecule has 0 N–H and O–H groups in total. The maximum Gasteiger partial charge on any atom is 0.417 e. The quantitative estimate of drug-likeness (QED) is 0.719. The summed E-state index contributed by atoms with van der Waals surface area (Å²) in [5, 5.41) is 0. The van der Waals surface area contributed by atoms with Crippen molar-refractivity contribution in [3.8, 4) is 0 Å². The molecule has 104 valence electrons. The molecule has 0 saturated heterocycles. The van der Waals surface area contributed by atoms with Crippen LogP contribution in [0.4, 0.5) is 4.79 Å². The first kappa shape index (κ1) is 16.4. The molecule has 0 aromatic carbocycles.